The Balaban J connectivity index is 1.85. The molecule has 0 saturated heterocycles. The Bertz CT molecular complexity index is 964. The van der Waals surface area contributed by atoms with Gasteiger partial charge in [0.05, 0.1) is 22.8 Å². The topological polar surface area (TPSA) is 121 Å². The van der Waals surface area contributed by atoms with Gasteiger partial charge in [-0.2, -0.15) is 0 Å². The maximum Gasteiger partial charge on any atom is 0.178 e. The third kappa shape index (κ3) is 4.22. The van der Waals surface area contributed by atoms with E-state index in [-0.39, 0.29) is 23.2 Å². The van der Waals surface area contributed by atoms with Crippen LogP contribution in [-0.4, -0.2) is 44.3 Å². The molecule has 0 radical (unpaired) electrons. The Kier molecular flexibility index (Phi) is 5.97. The van der Waals surface area contributed by atoms with E-state index in [1.165, 1.54) is 18.3 Å². The van der Waals surface area contributed by atoms with E-state index in [4.69, 9.17) is 22.1 Å². The molecule has 0 saturated carbocycles. The molecule has 3 rings (SSSR count). The Morgan fingerprint density at radius 3 is 2.93 bits per heavy atom. The number of aromatic nitrogens is 3. The van der Waals surface area contributed by atoms with Crippen LogP contribution in [0.15, 0.2) is 30.5 Å². The third-order valence-electron chi connectivity index (χ3n) is 3.86. The number of nitrogens with zero attached hydrogens (tertiary/aromatic N) is 3. The second-order valence-electron chi connectivity index (χ2n) is 5.75. The number of benzene rings is 1. The third-order valence-corrected chi connectivity index (χ3v) is 4.15. The molecule has 3 aromatic rings. The largest absolute Gasteiger partial charge is 0.396 e. The van der Waals surface area contributed by atoms with Crippen molar-refractivity contribution in [1.29, 1.82) is 5.41 Å². The Morgan fingerprint density at radius 2 is 2.19 bits per heavy atom. The lowest BCUT2D eigenvalue weighted by molar-refractivity contribution is 0.286. The molecular weight excluding hydrogens is 375 g/mol. The second-order valence-corrected chi connectivity index (χ2v) is 6.16. The molecular formula is C17H18ClFN6O2. The monoisotopic (exact) mass is 392 g/mol. The van der Waals surface area contributed by atoms with E-state index in [0.717, 1.165) is 6.07 Å². The zero-order valence-corrected chi connectivity index (χ0v) is 15.0. The van der Waals surface area contributed by atoms with Crippen LogP contribution in [0.1, 0.15) is 17.8 Å². The summed E-state index contributed by atoms with van der Waals surface area (Å²) in [7, 11) is 0. The van der Waals surface area contributed by atoms with Crippen LogP contribution in [0.2, 0.25) is 5.02 Å². The number of anilines is 1. The van der Waals surface area contributed by atoms with Crippen LogP contribution >= 0.6 is 11.6 Å². The molecule has 0 bridgehead atoms. The first-order chi connectivity index (χ1) is 13.0. The zero-order valence-electron chi connectivity index (χ0n) is 14.2. The molecule has 0 amide bonds. The summed E-state index contributed by atoms with van der Waals surface area (Å²) in [6.45, 7) is 1.19. The Morgan fingerprint density at radius 1 is 1.37 bits per heavy atom. The molecule has 0 spiro atoms. The van der Waals surface area contributed by atoms with Gasteiger partial charge < -0.3 is 15.4 Å². The zero-order chi connectivity index (χ0) is 19.4. The lowest BCUT2D eigenvalue weighted by atomic mass is 10.2. The molecule has 0 fully saturated rings. The lowest BCUT2D eigenvalue weighted by Gasteiger charge is -2.18. The summed E-state index contributed by atoms with van der Waals surface area (Å²) in [5.74, 6) is -0.239. The number of hydrogen-bond acceptors (Lipinski definition) is 6. The van der Waals surface area contributed by atoms with Gasteiger partial charge in [0.25, 0.3) is 0 Å². The summed E-state index contributed by atoms with van der Waals surface area (Å²) in [6, 6.07) is 5.23. The van der Waals surface area contributed by atoms with E-state index in [0.29, 0.717) is 47.1 Å². The molecule has 8 nitrogen and oxygen atoms in total. The minimum atomic E-state index is -0.612. The fraction of sp³-hybridized carbons (Fsp3) is 0.235. The number of H-pyrrole nitrogens is 1. The van der Waals surface area contributed by atoms with Crippen LogP contribution < -0.4 is 10.4 Å². The molecule has 10 heteroatoms. The molecule has 142 valence electrons. The summed E-state index contributed by atoms with van der Waals surface area (Å²) in [5.41, 5.74) is 1.43. The highest BCUT2D eigenvalue weighted by Crippen LogP contribution is 2.24. The fourth-order valence-electron chi connectivity index (χ4n) is 2.51. The van der Waals surface area contributed by atoms with Crippen molar-refractivity contribution in [2.75, 3.05) is 18.2 Å². The van der Waals surface area contributed by atoms with Crippen molar-refractivity contribution in [3.05, 3.63) is 52.7 Å². The minimum absolute atomic E-state index is 0.107. The highest BCUT2D eigenvalue weighted by Gasteiger charge is 2.18. The van der Waals surface area contributed by atoms with Gasteiger partial charge in [0.15, 0.2) is 11.5 Å². The van der Waals surface area contributed by atoms with Gasteiger partial charge in [0, 0.05) is 18.4 Å². The number of nitrogens with one attached hydrogen (secondary N) is 3. The summed E-state index contributed by atoms with van der Waals surface area (Å²) >= 11 is 5.75. The van der Waals surface area contributed by atoms with Crippen molar-refractivity contribution in [1.82, 2.24) is 20.3 Å². The van der Waals surface area contributed by atoms with E-state index in [2.05, 4.69) is 20.3 Å². The van der Waals surface area contributed by atoms with Crippen LogP contribution in [0.3, 0.4) is 0 Å². The molecule has 0 aliphatic heterocycles. The van der Waals surface area contributed by atoms with Crippen molar-refractivity contribution in [3.8, 4) is 0 Å². The van der Waals surface area contributed by atoms with Gasteiger partial charge >= 0.3 is 0 Å². The van der Waals surface area contributed by atoms with Gasteiger partial charge in [-0.05, 0) is 37.2 Å². The highest BCUT2D eigenvalue weighted by molar-refractivity contribution is 6.31. The number of halogens is 2. The predicted octanol–water partition coefficient (Wildman–Crippen LogP) is 2.44. The Labute approximate surface area is 159 Å². The van der Waals surface area contributed by atoms with E-state index >= 15 is 0 Å². The standard InChI is InChI=1S/C17H18ClFN6O2/c18-12-8-10(2-3-13(12)19)25(27)16(20)11-4-6-22-17-15(11)23-14(24-17)9-21-5-1-7-26/h2-4,6,8,20-21,26-27H,1,5,7,9H2,(H,22,23,24). The molecule has 27 heavy (non-hydrogen) atoms. The smallest absolute Gasteiger partial charge is 0.178 e. The first-order valence-corrected chi connectivity index (χ1v) is 8.57. The number of fused-ring (bicyclic) bond motifs is 1. The van der Waals surface area contributed by atoms with Gasteiger partial charge in [0.2, 0.25) is 0 Å². The van der Waals surface area contributed by atoms with Crippen molar-refractivity contribution in [3.63, 3.8) is 0 Å². The number of aromatic amines is 1. The average Bonchev–Trinajstić information content (AvgIpc) is 3.09. The van der Waals surface area contributed by atoms with E-state index < -0.39 is 5.82 Å². The number of aliphatic hydroxyl groups excluding tert-OH is 1. The minimum Gasteiger partial charge on any atom is -0.396 e. The molecule has 2 heterocycles. The van der Waals surface area contributed by atoms with Crippen LogP contribution in [0.5, 0.6) is 0 Å². The highest BCUT2D eigenvalue weighted by atomic mass is 35.5. The summed E-state index contributed by atoms with van der Waals surface area (Å²) in [6.07, 6.45) is 2.12. The molecule has 5 N–H and O–H groups in total. The molecule has 0 atom stereocenters. The summed E-state index contributed by atoms with van der Waals surface area (Å²) in [4.78, 5) is 11.6. The van der Waals surface area contributed by atoms with Crippen molar-refractivity contribution < 1.29 is 14.7 Å². The number of hydrogen-bond donors (Lipinski definition) is 5. The number of aliphatic hydroxyl groups is 1. The first-order valence-electron chi connectivity index (χ1n) is 8.19. The van der Waals surface area contributed by atoms with Crippen LogP contribution in [0, 0.1) is 11.2 Å². The lowest BCUT2D eigenvalue weighted by Crippen LogP contribution is -2.27. The number of hydroxylamine groups is 1. The number of amidine groups is 1. The number of rotatable bonds is 7. The summed E-state index contributed by atoms with van der Waals surface area (Å²) in [5, 5.41) is 31.0. The van der Waals surface area contributed by atoms with Crippen LogP contribution in [0.25, 0.3) is 11.2 Å². The average molecular weight is 393 g/mol. The summed E-state index contributed by atoms with van der Waals surface area (Å²) < 4.78 is 13.3. The van der Waals surface area contributed by atoms with Gasteiger partial charge in [-0.25, -0.2) is 19.4 Å². The van der Waals surface area contributed by atoms with Crippen LogP contribution in [0.4, 0.5) is 10.1 Å². The van der Waals surface area contributed by atoms with Gasteiger partial charge in [0.1, 0.15) is 11.6 Å². The number of imidazole rings is 1. The number of pyridine rings is 1. The maximum atomic E-state index is 13.3. The van der Waals surface area contributed by atoms with E-state index in [1.807, 2.05) is 0 Å². The second kappa shape index (κ2) is 8.40. The van der Waals surface area contributed by atoms with Gasteiger partial charge in [-0.3, -0.25) is 10.6 Å². The molecule has 0 aliphatic carbocycles. The predicted molar refractivity (Wildman–Crippen MR) is 99.8 cm³/mol. The van der Waals surface area contributed by atoms with Crippen LogP contribution in [-0.2, 0) is 6.54 Å². The molecule has 0 unspecified atom stereocenters. The normalized spacial score (nSPS) is 11.1. The molecule has 1 aromatic carbocycles. The van der Waals surface area contributed by atoms with E-state index in [1.54, 1.807) is 6.07 Å². The Hall–Kier alpha value is -2.59. The van der Waals surface area contributed by atoms with Crippen molar-refractivity contribution >= 4 is 34.3 Å². The van der Waals surface area contributed by atoms with Crippen molar-refractivity contribution in [2.45, 2.75) is 13.0 Å². The van der Waals surface area contributed by atoms with Gasteiger partial charge in [-0.1, -0.05) is 11.6 Å². The van der Waals surface area contributed by atoms with E-state index in [9.17, 15) is 9.60 Å². The SMILES string of the molecule is N=C(c1ccnc2nc(CNCCCO)[nH]c12)N(O)c1ccc(F)c(Cl)c1. The molecule has 2 aromatic heterocycles. The molecule has 0 aliphatic rings. The first kappa shape index (κ1) is 19.2. The maximum absolute atomic E-state index is 13.3. The fourth-order valence-corrected chi connectivity index (χ4v) is 2.69. The van der Waals surface area contributed by atoms with Gasteiger partial charge in [-0.15, -0.1) is 0 Å². The quantitative estimate of drug-likeness (QED) is 0.182. The van der Waals surface area contributed by atoms with Crippen molar-refractivity contribution in [2.24, 2.45) is 0 Å².